The fraction of sp³-hybridized carbons (Fsp3) is 0.467. The molecule has 1 aromatic carbocycles. The number of methoxy groups -OCH3 is 1. The van der Waals surface area contributed by atoms with Crippen molar-refractivity contribution in [2.45, 2.75) is 38.3 Å². The summed E-state index contributed by atoms with van der Waals surface area (Å²) in [4.78, 5) is 7.96. The second kappa shape index (κ2) is 6.35. The SMILES string of the molecule is COc1cc(C(C)C)c(OC2C=NC(N)=NC2Cl)cc1C. The van der Waals surface area contributed by atoms with Gasteiger partial charge in [-0.2, -0.15) is 0 Å². The number of guanidine groups is 1. The van der Waals surface area contributed by atoms with Crippen LogP contribution in [0.15, 0.2) is 22.1 Å². The highest BCUT2D eigenvalue weighted by molar-refractivity contribution is 6.23. The van der Waals surface area contributed by atoms with Crippen molar-refractivity contribution >= 4 is 23.8 Å². The van der Waals surface area contributed by atoms with Crippen molar-refractivity contribution in [1.82, 2.24) is 0 Å². The molecule has 0 spiro atoms. The molecule has 1 heterocycles. The van der Waals surface area contributed by atoms with Crippen LogP contribution in [0.3, 0.4) is 0 Å². The van der Waals surface area contributed by atoms with Crippen molar-refractivity contribution in [3.63, 3.8) is 0 Å². The van der Waals surface area contributed by atoms with Crippen LogP contribution in [-0.2, 0) is 0 Å². The van der Waals surface area contributed by atoms with Gasteiger partial charge in [0.1, 0.15) is 11.5 Å². The number of nitrogens with zero attached hydrogens (tertiary/aromatic N) is 2. The fourth-order valence-corrected chi connectivity index (χ4v) is 2.35. The molecule has 2 N–H and O–H groups in total. The van der Waals surface area contributed by atoms with Gasteiger partial charge in [-0.25, -0.2) is 9.98 Å². The molecule has 0 fully saturated rings. The Labute approximate surface area is 129 Å². The van der Waals surface area contributed by atoms with Crippen LogP contribution in [-0.4, -0.2) is 30.9 Å². The zero-order valence-corrected chi connectivity index (χ0v) is 13.4. The zero-order valence-electron chi connectivity index (χ0n) is 12.6. The third kappa shape index (κ3) is 3.47. The first-order valence-corrected chi connectivity index (χ1v) is 7.22. The van der Waals surface area contributed by atoms with Gasteiger partial charge in [0.05, 0.1) is 13.3 Å². The third-order valence-corrected chi connectivity index (χ3v) is 3.64. The molecule has 0 aliphatic carbocycles. The van der Waals surface area contributed by atoms with Gasteiger partial charge < -0.3 is 15.2 Å². The van der Waals surface area contributed by atoms with Crippen LogP contribution >= 0.6 is 11.6 Å². The molecule has 6 heteroatoms. The minimum Gasteiger partial charge on any atom is -0.496 e. The van der Waals surface area contributed by atoms with Gasteiger partial charge >= 0.3 is 0 Å². The summed E-state index contributed by atoms with van der Waals surface area (Å²) in [7, 11) is 1.66. The van der Waals surface area contributed by atoms with E-state index in [4.69, 9.17) is 26.8 Å². The number of alkyl halides is 1. The molecule has 0 bridgehead atoms. The Morgan fingerprint density at radius 2 is 2.00 bits per heavy atom. The van der Waals surface area contributed by atoms with Gasteiger partial charge in [0.15, 0.2) is 11.6 Å². The average Bonchev–Trinajstić information content (AvgIpc) is 2.41. The van der Waals surface area contributed by atoms with Gasteiger partial charge in [-0.05, 0) is 30.5 Å². The highest BCUT2D eigenvalue weighted by Gasteiger charge is 2.24. The Kier molecular flexibility index (Phi) is 4.73. The minimum atomic E-state index is -0.579. The summed E-state index contributed by atoms with van der Waals surface area (Å²) < 4.78 is 11.4. The van der Waals surface area contributed by atoms with E-state index in [2.05, 4.69) is 23.8 Å². The second-order valence-corrected chi connectivity index (χ2v) is 5.68. The molecule has 0 radical (unpaired) electrons. The van der Waals surface area contributed by atoms with Gasteiger partial charge in [-0.15, -0.1) is 0 Å². The number of hydrogen-bond donors (Lipinski definition) is 1. The van der Waals surface area contributed by atoms with Gasteiger partial charge in [-0.1, -0.05) is 25.4 Å². The first-order valence-electron chi connectivity index (χ1n) is 6.79. The summed E-state index contributed by atoms with van der Waals surface area (Å²) in [5.41, 5.74) is 6.99. The van der Waals surface area contributed by atoms with E-state index in [0.29, 0.717) is 0 Å². The van der Waals surface area contributed by atoms with Gasteiger partial charge in [-0.3, -0.25) is 0 Å². The number of hydrogen-bond acceptors (Lipinski definition) is 5. The summed E-state index contributed by atoms with van der Waals surface area (Å²) in [5.74, 6) is 2.07. The Morgan fingerprint density at radius 1 is 1.29 bits per heavy atom. The molecule has 1 aliphatic heterocycles. The first-order chi connectivity index (χ1) is 9.92. The van der Waals surface area contributed by atoms with Crippen LogP contribution in [0, 0.1) is 6.92 Å². The van der Waals surface area contributed by atoms with E-state index in [0.717, 1.165) is 22.6 Å². The second-order valence-electron chi connectivity index (χ2n) is 5.23. The van der Waals surface area contributed by atoms with E-state index in [9.17, 15) is 0 Å². The maximum Gasteiger partial charge on any atom is 0.216 e. The van der Waals surface area contributed by atoms with Gasteiger partial charge in [0.25, 0.3) is 0 Å². The summed E-state index contributed by atoms with van der Waals surface area (Å²) >= 11 is 6.15. The van der Waals surface area contributed by atoms with Crippen molar-refractivity contribution < 1.29 is 9.47 Å². The molecule has 114 valence electrons. The van der Waals surface area contributed by atoms with Crippen LogP contribution in [0.2, 0.25) is 0 Å². The maximum absolute atomic E-state index is 6.15. The summed E-state index contributed by atoms with van der Waals surface area (Å²) in [6, 6.07) is 3.95. The van der Waals surface area contributed by atoms with Crippen LogP contribution < -0.4 is 15.2 Å². The highest BCUT2D eigenvalue weighted by atomic mass is 35.5. The van der Waals surface area contributed by atoms with Crippen LogP contribution in [0.5, 0.6) is 11.5 Å². The summed E-state index contributed by atoms with van der Waals surface area (Å²) in [6.07, 6.45) is 1.15. The number of halogens is 1. The topological polar surface area (TPSA) is 69.2 Å². The molecule has 0 aromatic heterocycles. The molecule has 1 aromatic rings. The van der Waals surface area contributed by atoms with E-state index in [1.807, 2.05) is 19.1 Å². The Balaban J connectivity index is 2.31. The predicted octanol–water partition coefficient (Wildman–Crippen LogP) is 2.84. The fourth-order valence-electron chi connectivity index (χ4n) is 2.14. The molecule has 0 saturated carbocycles. The largest absolute Gasteiger partial charge is 0.496 e. The van der Waals surface area contributed by atoms with E-state index in [-0.39, 0.29) is 11.9 Å². The number of benzene rings is 1. The van der Waals surface area contributed by atoms with E-state index >= 15 is 0 Å². The molecule has 21 heavy (non-hydrogen) atoms. The molecule has 0 amide bonds. The Morgan fingerprint density at radius 3 is 2.57 bits per heavy atom. The van der Waals surface area contributed by atoms with Crippen molar-refractivity contribution in [2.75, 3.05) is 7.11 Å². The molecule has 5 nitrogen and oxygen atoms in total. The molecule has 2 rings (SSSR count). The van der Waals surface area contributed by atoms with E-state index < -0.39 is 11.6 Å². The van der Waals surface area contributed by atoms with E-state index in [1.54, 1.807) is 13.3 Å². The van der Waals surface area contributed by atoms with Gasteiger partial charge in [0, 0.05) is 5.56 Å². The van der Waals surface area contributed by atoms with Gasteiger partial charge in [0.2, 0.25) is 5.96 Å². The molecular weight excluding hydrogens is 290 g/mol. The zero-order chi connectivity index (χ0) is 15.6. The first kappa shape index (κ1) is 15.6. The average molecular weight is 310 g/mol. The van der Waals surface area contributed by atoms with Crippen LogP contribution in [0.25, 0.3) is 0 Å². The number of ether oxygens (including phenoxy) is 2. The van der Waals surface area contributed by atoms with Crippen LogP contribution in [0.1, 0.15) is 30.9 Å². The van der Waals surface area contributed by atoms with E-state index in [1.165, 1.54) is 0 Å². The summed E-state index contributed by atoms with van der Waals surface area (Å²) in [6.45, 7) is 6.17. The number of rotatable bonds is 4. The quantitative estimate of drug-likeness (QED) is 0.687. The monoisotopic (exact) mass is 309 g/mol. The van der Waals surface area contributed by atoms with Crippen molar-refractivity contribution in [1.29, 1.82) is 0 Å². The number of aryl methyl sites for hydroxylation is 1. The Bertz CT molecular complexity index is 585. The lowest BCUT2D eigenvalue weighted by Gasteiger charge is -2.23. The normalized spacial score (nSPS) is 21.3. The lowest BCUT2D eigenvalue weighted by atomic mass is 9.99. The highest BCUT2D eigenvalue weighted by Crippen LogP contribution is 2.34. The molecular formula is C15H20ClN3O2. The third-order valence-electron chi connectivity index (χ3n) is 3.29. The van der Waals surface area contributed by atoms with Crippen molar-refractivity contribution in [3.05, 3.63) is 23.3 Å². The number of nitrogens with two attached hydrogens (primary N) is 1. The standard InChI is InChI=1S/C15H20ClN3O2/c1-8(2)10-6-11(20-4)9(3)5-12(10)21-13-7-18-15(17)19-14(13)16/h5-8,13-14H,1-4H3,(H2,17,19). The number of aliphatic imine (C=N–C) groups is 2. The predicted molar refractivity (Wildman–Crippen MR) is 86.0 cm³/mol. The molecule has 0 saturated heterocycles. The molecule has 2 atom stereocenters. The van der Waals surface area contributed by atoms with Crippen LogP contribution in [0.4, 0.5) is 0 Å². The van der Waals surface area contributed by atoms with Crippen molar-refractivity contribution in [2.24, 2.45) is 15.7 Å². The molecule has 1 aliphatic rings. The smallest absolute Gasteiger partial charge is 0.216 e. The van der Waals surface area contributed by atoms with Crippen molar-refractivity contribution in [3.8, 4) is 11.5 Å². The maximum atomic E-state index is 6.15. The summed E-state index contributed by atoms with van der Waals surface area (Å²) in [5, 5.41) is 0. The molecule has 2 unspecified atom stereocenters. The Hall–Kier alpha value is -1.75. The lowest BCUT2D eigenvalue weighted by molar-refractivity contribution is 0.262. The minimum absolute atomic E-state index is 0.171. The lowest BCUT2D eigenvalue weighted by Crippen LogP contribution is -2.34.